The molecule has 0 amide bonds. The zero-order chi connectivity index (χ0) is 8.15. The molecule has 3 unspecified atom stereocenters. The van der Waals surface area contributed by atoms with Crippen LogP contribution in [0.1, 0.15) is 27.2 Å². The summed E-state index contributed by atoms with van der Waals surface area (Å²) in [7, 11) is 1.73. The van der Waals surface area contributed by atoms with E-state index in [1.165, 1.54) is 0 Å². The Morgan fingerprint density at radius 2 is 1.90 bits per heavy atom. The average molecular weight is 145 g/mol. The minimum atomic E-state index is 0.273. The van der Waals surface area contributed by atoms with Gasteiger partial charge in [-0.15, -0.1) is 0 Å². The molecule has 0 spiro atoms. The van der Waals surface area contributed by atoms with Crippen LogP contribution < -0.4 is 5.73 Å². The van der Waals surface area contributed by atoms with Gasteiger partial charge in [0.15, 0.2) is 0 Å². The molecule has 3 atom stereocenters. The van der Waals surface area contributed by atoms with Gasteiger partial charge in [-0.25, -0.2) is 0 Å². The first-order valence-corrected chi connectivity index (χ1v) is 3.91. The SMILES string of the molecule is CCC(N)C(C)C(C)OC. The zero-order valence-corrected chi connectivity index (χ0v) is 7.42. The molecule has 62 valence electrons. The molecule has 0 aromatic carbocycles. The first kappa shape index (κ1) is 9.92. The van der Waals surface area contributed by atoms with Crippen LogP contribution in [0.5, 0.6) is 0 Å². The highest BCUT2D eigenvalue weighted by atomic mass is 16.5. The largest absolute Gasteiger partial charge is 0.381 e. The Kier molecular flexibility index (Phi) is 4.65. The molecule has 0 saturated carbocycles. The van der Waals surface area contributed by atoms with Gasteiger partial charge in [0.1, 0.15) is 0 Å². The van der Waals surface area contributed by atoms with Crippen molar-refractivity contribution in [2.45, 2.75) is 39.3 Å². The molecule has 0 bridgehead atoms. The maximum absolute atomic E-state index is 5.81. The predicted molar refractivity (Wildman–Crippen MR) is 43.9 cm³/mol. The summed E-state index contributed by atoms with van der Waals surface area (Å²) >= 11 is 0. The summed E-state index contributed by atoms with van der Waals surface area (Å²) in [4.78, 5) is 0. The second-order valence-electron chi connectivity index (χ2n) is 2.87. The van der Waals surface area contributed by atoms with Crippen molar-refractivity contribution in [3.05, 3.63) is 0 Å². The molecule has 0 aliphatic heterocycles. The molecule has 0 radical (unpaired) electrons. The first-order chi connectivity index (χ1) is 4.63. The number of nitrogens with two attached hydrogens (primary N) is 1. The van der Waals surface area contributed by atoms with Crippen LogP contribution in [0, 0.1) is 5.92 Å². The molecule has 0 fully saturated rings. The minimum absolute atomic E-state index is 0.273. The third kappa shape index (κ3) is 2.67. The van der Waals surface area contributed by atoms with Crippen LogP contribution in [0.25, 0.3) is 0 Å². The summed E-state index contributed by atoms with van der Waals surface area (Å²) in [5, 5.41) is 0. The van der Waals surface area contributed by atoms with E-state index in [9.17, 15) is 0 Å². The molecule has 2 N–H and O–H groups in total. The van der Waals surface area contributed by atoms with Gasteiger partial charge in [0.2, 0.25) is 0 Å². The fraction of sp³-hybridized carbons (Fsp3) is 1.00. The Labute approximate surface area is 63.7 Å². The monoisotopic (exact) mass is 145 g/mol. The zero-order valence-electron chi connectivity index (χ0n) is 7.42. The Morgan fingerprint density at radius 3 is 2.20 bits per heavy atom. The topological polar surface area (TPSA) is 35.2 Å². The highest BCUT2D eigenvalue weighted by molar-refractivity contribution is 4.72. The number of hydrogen-bond donors (Lipinski definition) is 1. The Morgan fingerprint density at radius 1 is 1.40 bits per heavy atom. The second-order valence-corrected chi connectivity index (χ2v) is 2.87. The van der Waals surface area contributed by atoms with E-state index in [4.69, 9.17) is 10.5 Å². The van der Waals surface area contributed by atoms with Crippen LogP contribution in [-0.4, -0.2) is 19.3 Å². The van der Waals surface area contributed by atoms with E-state index in [0.29, 0.717) is 5.92 Å². The van der Waals surface area contributed by atoms with Crippen molar-refractivity contribution in [2.24, 2.45) is 11.7 Å². The van der Waals surface area contributed by atoms with Crippen LogP contribution >= 0.6 is 0 Å². The van der Waals surface area contributed by atoms with Gasteiger partial charge in [0, 0.05) is 13.2 Å². The quantitative estimate of drug-likeness (QED) is 0.649. The molecular formula is C8H19NO. The lowest BCUT2D eigenvalue weighted by atomic mass is 9.96. The molecular weight excluding hydrogens is 126 g/mol. The van der Waals surface area contributed by atoms with E-state index in [0.717, 1.165) is 6.42 Å². The standard InChI is InChI=1S/C8H19NO/c1-5-8(9)6(2)7(3)10-4/h6-8H,5,9H2,1-4H3. The van der Waals surface area contributed by atoms with Gasteiger partial charge in [-0.1, -0.05) is 13.8 Å². The lowest BCUT2D eigenvalue weighted by molar-refractivity contribution is 0.0629. The van der Waals surface area contributed by atoms with Crippen molar-refractivity contribution < 1.29 is 4.74 Å². The van der Waals surface area contributed by atoms with E-state index in [2.05, 4.69) is 20.8 Å². The average Bonchev–Trinajstić information content (AvgIpc) is 2.00. The van der Waals surface area contributed by atoms with Crippen LogP contribution in [-0.2, 0) is 4.74 Å². The second kappa shape index (κ2) is 4.69. The van der Waals surface area contributed by atoms with Crippen molar-refractivity contribution in [1.82, 2.24) is 0 Å². The number of ether oxygens (including phenoxy) is 1. The Hall–Kier alpha value is -0.0800. The van der Waals surface area contributed by atoms with Gasteiger partial charge in [0.25, 0.3) is 0 Å². The molecule has 0 aromatic rings. The van der Waals surface area contributed by atoms with Crippen molar-refractivity contribution in [2.75, 3.05) is 7.11 Å². The molecule has 10 heavy (non-hydrogen) atoms. The Balaban J connectivity index is 3.69. The predicted octanol–water partition coefficient (Wildman–Crippen LogP) is 1.39. The normalized spacial score (nSPS) is 20.1. The maximum Gasteiger partial charge on any atom is 0.0583 e. The van der Waals surface area contributed by atoms with E-state index >= 15 is 0 Å². The van der Waals surface area contributed by atoms with Crippen LogP contribution in [0.2, 0.25) is 0 Å². The van der Waals surface area contributed by atoms with Crippen molar-refractivity contribution >= 4 is 0 Å². The molecule has 2 nitrogen and oxygen atoms in total. The van der Waals surface area contributed by atoms with Crippen molar-refractivity contribution in [3.8, 4) is 0 Å². The van der Waals surface area contributed by atoms with E-state index < -0.39 is 0 Å². The summed E-state index contributed by atoms with van der Waals surface area (Å²) in [5.74, 6) is 0.454. The molecule has 0 heterocycles. The molecule has 0 aliphatic rings. The number of hydrogen-bond acceptors (Lipinski definition) is 2. The van der Waals surface area contributed by atoms with Gasteiger partial charge in [-0.2, -0.15) is 0 Å². The highest BCUT2D eigenvalue weighted by Crippen LogP contribution is 2.11. The van der Waals surface area contributed by atoms with Gasteiger partial charge in [0.05, 0.1) is 6.10 Å². The van der Waals surface area contributed by atoms with E-state index in [1.54, 1.807) is 7.11 Å². The van der Waals surface area contributed by atoms with Gasteiger partial charge < -0.3 is 10.5 Å². The van der Waals surface area contributed by atoms with Gasteiger partial charge in [-0.05, 0) is 19.3 Å². The number of rotatable bonds is 4. The Bertz CT molecular complexity index is 75.3. The van der Waals surface area contributed by atoms with E-state index in [-0.39, 0.29) is 12.1 Å². The van der Waals surface area contributed by atoms with Crippen LogP contribution in [0.3, 0.4) is 0 Å². The molecule has 0 saturated heterocycles. The maximum atomic E-state index is 5.81. The molecule has 0 aromatic heterocycles. The van der Waals surface area contributed by atoms with Crippen LogP contribution in [0.15, 0.2) is 0 Å². The van der Waals surface area contributed by atoms with Gasteiger partial charge in [-0.3, -0.25) is 0 Å². The summed E-state index contributed by atoms with van der Waals surface area (Å²) in [6, 6.07) is 0.273. The van der Waals surface area contributed by atoms with Crippen molar-refractivity contribution in [1.29, 1.82) is 0 Å². The smallest absolute Gasteiger partial charge is 0.0583 e. The third-order valence-electron chi connectivity index (χ3n) is 2.26. The number of methoxy groups -OCH3 is 1. The van der Waals surface area contributed by atoms with Crippen molar-refractivity contribution in [3.63, 3.8) is 0 Å². The summed E-state index contributed by atoms with van der Waals surface area (Å²) in [6.07, 6.45) is 1.30. The summed E-state index contributed by atoms with van der Waals surface area (Å²) < 4.78 is 5.15. The highest BCUT2D eigenvalue weighted by Gasteiger charge is 2.16. The van der Waals surface area contributed by atoms with Crippen LogP contribution in [0.4, 0.5) is 0 Å². The minimum Gasteiger partial charge on any atom is -0.381 e. The lowest BCUT2D eigenvalue weighted by Gasteiger charge is -2.23. The molecule has 0 rings (SSSR count). The fourth-order valence-corrected chi connectivity index (χ4v) is 0.935. The third-order valence-corrected chi connectivity index (χ3v) is 2.26. The molecule has 0 aliphatic carbocycles. The first-order valence-electron chi connectivity index (χ1n) is 3.91. The van der Waals surface area contributed by atoms with E-state index in [1.807, 2.05) is 0 Å². The fourth-order valence-electron chi connectivity index (χ4n) is 0.935. The van der Waals surface area contributed by atoms with Gasteiger partial charge >= 0.3 is 0 Å². The lowest BCUT2D eigenvalue weighted by Crippen LogP contribution is -2.34. The summed E-state index contributed by atoms with van der Waals surface area (Å²) in [6.45, 7) is 6.28. The molecule has 2 heteroatoms. The summed E-state index contributed by atoms with van der Waals surface area (Å²) in [5.41, 5.74) is 5.81.